The van der Waals surface area contributed by atoms with Gasteiger partial charge in [-0.1, -0.05) is 57.4 Å². The summed E-state index contributed by atoms with van der Waals surface area (Å²) in [5.41, 5.74) is 5.15. The van der Waals surface area contributed by atoms with E-state index in [1.165, 1.54) is 6.21 Å². The highest BCUT2D eigenvalue weighted by Gasteiger charge is 2.09. The zero-order chi connectivity index (χ0) is 22.2. The van der Waals surface area contributed by atoms with Gasteiger partial charge in [-0.05, 0) is 49.4 Å². The molecule has 3 aromatic rings. The third-order valence-corrected chi connectivity index (χ3v) is 4.98. The zero-order valence-corrected chi connectivity index (χ0v) is 18.9. The summed E-state index contributed by atoms with van der Waals surface area (Å²) in [4.78, 5) is 24.4. The molecule has 0 saturated heterocycles. The van der Waals surface area contributed by atoms with Gasteiger partial charge in [0.25, 0.3) is 11.8 Å². The summed E-state index contributed by atoms with van der Waals surface area (Å²) in [6.07, 6.45) is 1.46. The van der Waals surface area contributed by atoms with E-state index in [4.69, 9.17) is 16.3 Å². The first-order valence-corrected chi connectivity index (χ1v) is 10.5. The van der Waals surface area contributed by atoms with E-state index < -0.39 is 0 Å². The first kappa shape index (κ1) is 22.5. The van der Waals surface area contributed by atoms with E-state index in [-0.39, 0.29) is 18.4 Å². The van der Waals surface area contributed by atoms with Crippen molar-refractivity contribution in [3.63, 3.8) is 0 Å². The lowest BCUT2D eigenvalue weighted by Gasteiger charge is -2.11. The molecule has 0 fully saturated rings. The topological polar surface area (TPSA) is 79.8 Å². The molecular weight excluding hydrogens is 482 g/mol. The number of carbonyl (C=O) groups is 2. The van der Waals surface area contributed by atoms with Crippen LogP contribution in [0.5, 0.6) is 5.75 Å². The normalized spacial score (nSPS) is 10.7. The lowest BCUT2D eigenvalue weighted by atomic mass is 10.1. The van der Waals surface area contributed by atoms with Gasteiger partial charge in [0.15, 0.2) is 6.61 Å². The van der Waals surface area contributed by atoms with Gasteiger partial charge in [-0.25, -0.2) is 5.43 Å². The Morgan fingerprint density at radius 3 is 2.58 bits per heavy atom. The predicted octanol–water partition coefficient (Wildman–Crippen LogP) is 5.19. The Balaban J connectivity index is 1.62. The van der Waals surface area contributed by atoms with Crippen LogP contribution in [0.3, 0.4) is 0 Å². The Morgan fingerprint density at radius 2 is 1.84 bits per heavy atom. The molecule has 8 heteroatoms. The Morgan fingerprint density at radius 1 is 1.10 bits per heavy atom. The highest BCUT2D eigenvalue weighted by Crippen LogP contribution is 2.23. The summed E-state index contributed by atoms with van der Waals surface area (Å²) in [7, 11) is 0. The lowest BCUT2D eigenvalue weighted by molar-refractivity contribution is -0.118. The zero-order valence-electron chi connectivity index (χ0n) is 16.6. The maximum Gasteiger partial charge on any atom is 0.271 e. The number of carbonyl (C=O) groups excluding carboxylic acids is 2. The molecule has 0 aliphatic rings. The maximum atomic E-state index is 12.2. The number of ether oxygens (including phenoxy) is 1. The summed E-state index contributed by atoms with van der Waals surface area (Å²) >= 11 is 9.44. The SMILES string of the molecule is Cc1ccc(C(=O)N/N=C/c2cc(Br)ccc2OCC(=O)Nc2ccccc2Cl)cc1. The third kappa shape index (κ3) is 6.67. The number of para-hydroxylation sites is 1. The molecule has 0 atom stereocenters. The number of hydrogen-bond acceptors (Lipinski definition) is 4. The van der Waals surface area contributed by atoms with E-state index >= 15 is 0 Å². The summed E-state index contributed by atoms with van der Waals surface area (Å²) in [6.45, 7) is 1.73. The lowest BCUT2D eigenvalue weighted by Crippen LogP contribution is -2.21. The van der Waals surface area contributed by atoms with Crippen LogP contribution in [0.25, 0.3) is 0 Å². The average Bonchev–Trinajstić information content (AvgIpc) is 2.75. The number of aryl methyl sites for hydroxylation is 1. The van der Waals surface area contributed by atoms with Crippen LogP contribution in [-0.2, 0) is 4.79 Å². The number of rotatable bonds is 7. The Hall–Kier alpha value is -3.16. The molecule has 0 saturated carbocycles. The monoisotopic (exact) mass is 499 g/mol. The minimum atomic E-state index is -0.355. The fourth-order valence-electron chi connectivity index (χ4n) is 2.57. The molecule has 0 aromatic heterocycles. The highest BCUT2D eigenvalue weighted by atomic mass is 79.9. The molecule has 158 valence electrons. The molecule has 3 aromatic carbocycles. The van der Waals surface area contributed by atoms with Crippen LogP contribution in [0.4, 0.5) is 5.69 Å². The molecule has 3 rings (SSSR count). The van der Waals surface area contributed by atoms with Crippen LogP contribution in [0.1, 0.15) is 21.5 Å². The fourth-order valence-corrected chi connectivity index (χ4v) is 3.14. The number of halogens is 2. The van der Waals surface area contributed by atoms with Crippen LogP contribution in [-0.4, -0.2) is 24.6 Å². The van der Waals surface area contributed by atoms with Crippen molar-refractivity contribution in [1.82, 2.24) is 5.43 Å². The van der Waals surface area contributed by atoms with E-state index in [1.807, 2.05) is 19.1 Å². The molecule has 6 nitrogen and oxygen atoms in total. The van der Waals surface area contributed by atoms with Crippen molar-refractivity contribution in [2.45, 2.75) is 6.92 Å². The minimum absolute atomic E-state index is 0.219. The minimum Gasteiger partial charge on any atom is -0.483 e. The molecule has 0 aliphatic carbocycles. The summed E-state index contributed by atoms with van der Waals surface area (Å²) in [5.74, 6) is -0.245. The molecule has 2 N–H and O–H groups in total. The van der Waals surface area contributed by atoms with Crippen molar-refractivity contribution in [2.75, 3.05) is 11.9 Å². The molecule has 2 amide bonds. The van der Waals surface area contributed by atoms with Crippen molar-refractivity contribution in [1.29, 1.82) is 0 Å². The Labute approximate surface area is 193 Å². The summed E-state index contributed by atoms with van der Waals surface area (Å²) in [5, 5.41) is 7.14. The Kier molecular flexibility index (Phi) is 7.81. The van der Waals surface area contributed by atoms with E-state index in [1.54, 1.807) is 54.6 Å². The van der Waals surface area contributed by atoms with Gasteiger partial charge in [0.1, 0.15) is 5.75 Å². The highest BCUT2D eigenvalue weighted by molar-refractivity contribution is 9.10. The largest absolute Gasteiger partial charge is 0.483 e. The van der Waals surface area contributed by atoms with Crippen LogP contribution < -0.4 is 15.5 Å². The van der Waals surface area contributed by atoms with Crippen LogP contribution in [0, 0.1) is 6.92 Å². The van der Waals surface area contributed by atoms with Crippen LogP contribution in [0.2, 0.25) is 5.02 Å². The van der Waals surface area contributed by atoms with Gasteiger partial charge in [-0.2, -0.15) is 5.10 Å². The van der Waals surface area contributed by atoms with Gasteiger partial charge >= 0.3 is 0 Å². The molecule has 0 spiro atoms. The van der Waals surface area contributed by atoms with Gasteiger partial charge < -0.3 is 10.1 Å². The molecule has 31 heavy (non-hydrogen) atoms. The summed E-state index contributed by atoms with van der Waals surface area (Å²) in [6, 6.07) is 19.4. The van der Waals surface area contributed by atoms with Crippen molar-refractivity contribution < 1.29 is 14.3 Å². The number of anilines is 1. The number of amides is 2. The van der Waals surface area contributed by atoms with Crippen LogP contribution >= 0.6 is 27.5 Å². The molecule has 0 radical (unpaired) electrons. The first-order chi connectivity index (χ1) is 14.9. The number of nitrogens with zero attached hydrogens (tertiary/aromatic N) is 1. The second-order valence-electron chi connectivity index (χ2n) is 6.56. The smallest absolute Gasteiger partial charge is 0.271 e. The second kappa shape index (κ2) is 10.7. The number of benzene rings is 3. The van der Waals surface area contributed by atoms with Gasteiger partial charge in [0, 0.05) is 15.6 Å². The average molecular weight is 501 g/mol. The van der Waals surface area contributed by atoms with Crippen molar-refractivity contribution >= 4 is 51.2 Å². The molecule has 0 aliphatic heterocycles. The number of hydrazone groups is 1. The van der Waals surface area contributed by atoms with Crippen LogP contribution in [0.15, 0.2) is 76.3 Å². The van der Waals surface area contributed by atoms with Gasteiger partial charge in [-0.3, -0.25) is 9.59 Å². The second-order valence-corrected chi connectivity index (χ2v) is 7.89. The van der Waals surface area contributed by atoms with Crippen molar-refractivity contribution in [3.05, 3.63) is 92.9 Å². The quantitative estimate of drug-likeness (QED) is 0.346. The van der Waals surface area contributed by atoms with Gasteiger partial charge in [0.2, 0.25) is 0 Å². The number of nitrogens with one attached hydrogen (secondary N) is 2. The molecular formula is C23H19BrClN3O3. The Bertz CT molecular complexity index is 1120. The van der Waals surface area contributed by atoms with E-state index in [0.29, 0.717) is 27.6 Å². The summed E-state index contributed by atoms with van der Waals surface area (Å²) < 4.78 is 6.44. The van der Waals surface area contributed by atoms with E-state index in [2.05, 4.69) is 31.8 Å². The van der Waals surface area contributed by atoms with Gasteiger partial charge in [0.05, 0.1) is 16.9 Å². The standard InChI is InChI=1S/C23H19BrClN3O3/c1-15-6-8-16(9-7-15)23(30)28-26-13-17-12-18(24)10-11-21(17)31-14-22(29)27-20-5-3-2-4-19(20)25/h2-13H,14H2,1H3,(H,27,29)(H,28,30)/b26-13+. The molecule has 0 unspecified atom stereocenters. The molecule has 0 bridgehead atoms. The van der Waals surface area contributed by atoms with Crippen molar-refractivity contribution in [2.24, 2.45) is 5.10 Å². The van der Waals surface area contributed by atoms with Gasteiger partial charge in [-0.15, -0.1) is 0 Å². The van der Waals surface area contributed by atoms with Crippen molar-refractivity contribution in [3.8, 4) is 5.75 Å². The fraction of sp³-hybridized carbons (Fsp3) is 0.0870. The third-order valence-electron chi connectivity index (χ3n) is 4.16. The molecule has 0 heterocycles. The van der Waals surface area contributed by atoms with E-state index in [0.717, 1.165) is 10.0 Å². The number of hydrogen-bond donors (Lipinski definition) is 2. The van der Waals surface area contributed by atoms with E-state index in [9.17, 15) is 9.59 Å². The predicted molar refractivity (Wildman–Crippen MR) is 126 cm³/mol. The maximum absolute atomic E-state index is 12.2. The first-order valence-electron chi connectivity index (χ1n) is 9.29.